The summed E-state index contributed by atoms with van der Waals surface area (Å²) >= 11 is 0. The summed E-state index contributed by atoms with van der Waals surface area (Å²) in [5.41, 5.74) is 3.79. The fourth-order valence-corrected chi connectivity index (χ4v) is 2.06. The van der Waals surface area contributed by atoms with Crippen molar-refractivity contribution in [3.8, 4) is 11.1 Å². The van der Waals surface area contributed by atoms with E-state index in [1.807, 2.05) is 12.3 Å². The highest BCUT2D eigenvalue weighted by atomic mass is 14.8. The third kappa shape index (κ3) is 4.49. The van der Waals surface area contributed by atoms with Gasteiger partial charge in [-0.05, 0) is 48.7 Å². The second-order valence-corrected chi connectivity index (χ2v) is 4.79. The second-order valence-electron chi connectivity index (χ2n) is 4.79. The molecule has 0 aliphatic rings. The van der Waals surface area contributed by atoms with Crippen LogP contribution >= 0.6 is 0 Å². The summed E-state index contributed by atoms with van der Waals surface area (Å²) in [6, 6.07) is 12.8. The second kappa shape index (κ2) is 7.70. The number of unbranched alkanes of at least 4 members (excludes halogenated alkanes) is 1. The maximum absolute atomic E-state index is 4.15. The van der Waals surface area contributed by atoms with Crippen LogP contribution in [0.4, 0.5) is 0 Å². The Morgan fingerprint density at radius 2 is 1.84 bits per heavy atom. The first-order valence-corrected chi connectivity index (χ1v) is 7.10. The number of hydrogen-bond donors (Lipinski definition) is 1. The Bertz CT molecular complexity index is 462. The molecule has 1 N–H and O–H groups in total. The molecule has 0 amide bonds. The largest absolute Gasteiger partial charge is 0.316 e. The lowest BCUT2D eigenvalue weighted by Gasteiger charge is -2.05. The van der Waals surface area contributed by atoms with Crippen LogP contribution in [0.15, 0.2) is 48.8 Å². The Balaban J connectivity index is 1.85. The Labute approximate surface area is 115 Å². The topological polar surface area (TPSA) is 24.9 Å². The van der Waals surface area contributed by atoms with Crippen LogP contribution in [0.2, 0.25) is 0 Å². The van der Waals surface area contributed by atoms with E-state index in [2.05, 4.69) is 47.6 Å². The summed E-state index contributed by atoms with van der Waals surface area (Å²) in [5, 5.41) is 3.47. The molecule has 0 radical (unpaired) electrons. The molecule has 0 saturated carbocycles. The number of nitrogens with one attached hydrogen (secondary N) is 1. The van der Waals surface area contributed by atoms with Gasteiger partial charge in [0.2, 0.25) is 0 Å². The maximum Gasteiger partial charge on any atom is 0.0346 e. The van der Waals surface area contributed by atoms with Crippen LogP contribution in [0.5, 0.6) is 0 Å². The van der Waals surface area contributed by atoms with Gasteiger partial charge in [0.1, 0.15) is 0 Å². The van der Waals surface area contributed by atoms with Crippen LogP contribution in [0, 0.1) is 0 Å². The van der Waals surface area contributed by atoms with E-state index >= 15 is 0 Å². The lowest BCUT2D eigenvalue weighted by Crippen LogP contribution is -2.18. The lowest BCUT2D eigenvalue weighted by atomic mass is 10.0. The predicted octanol–water partition coefficient (Wildman–Crippen LogP) is 3.68. The Hall–Kier alpha value is -1.67. The third-order valence-electron chi connectivity index (χ3n) is 3.25. The molecule has 1 aromatic heterocycles. The van der Waals surface area contributed by atoms with Crippen molar-refractivity contribution >= 4 is 0 Å². The predicted molar refractivity (Wildman–Crippen MR) is 81.2 cm³/mol. The fourth-order valence-electron chi connectivity index (χ4n) is 2.06. The van der Waals surface area contributed by atoms with E-state index in [4.69, 9.17) is 0 Å². The molecule has 19 heavy (non-hydrogen) atoms. The number of pyridine rings is 1. The van der Waals surface area contributed by atoms with Crippen LogP contribution in [0.3, 0.4) is 0 Å². The van der Waals surface area contributed by atoms with Crippen molar-refractivity contribution in [1.29, 1.82) is 0 Å². The molecule has 2 nitrogen and oxygen atoms in total. The average molecular weight is 254 g/mol. The smallest absolute Gasteiger partial charge is 0.0346 e. The molecular weight excluding hydrogens is 232 g/mol. The highest BCUT2D eigenvalue weighted by Crippen LogP contribution is 2.18. The Kier molecular flexibility index (Phi) is 5.57. The molecule has 0 atom stereocenters. The van der Waals surface area contributed by atoms with E-state index in [9.17, 15) is 0 Å². The van der Waals surface area contributed by atoms with Gasteiger partial charge in [-0.3, -0.25) is 4.98 Å². The van der Waals surface area contributed by atoms with Crippen molar-refractivity contribution in [2.45, 2.75) is 26.2 Å². The minimum absolute atomic E-state index is 1.06. The van der Waals surface area contributed by atoms with Gasteiger partial charge < -0.3 is 5.32 Å². The molecule has 100 valence electrons. The number of rotatable bonds is 7. The molecule has 2 rings (SSSR count). The Morgan fingerprint density at radius 3 is 2.53 bits per heavy atom. The van der Waals surface area contributed by atoms with E-state index in [0.717, 1.165) is 19.5 Å². The van der Waals surface area contributed by atoms with Crippen LogP contribution in [-0.4, -0.2) is 18.1 Å². The van der Waals surface area contributed by atoms with Gasteiger partial charge in [0, 0.05) is 12.4 Å². The number of benzene rings is 1. The molecule has 0 spiro atoms. The zero-order chi connectivity index (χ0) is 13.3. The van der Waals surface area contributed by atoms with Gasteiger partial charge >= 0.3 is 0 Å². The number of nitrogens with zero attached hydrogens (tertiary/aromatic N) is 1. The first-order chi connectivity index (χ1) is 9.40. The van der Waals surface area contributed by atoms with Gasteiger partial charge in [0.25, 0.3) is 0 Å². The molecule has 0 aliphatic heterocycles. The normalized spacial score (nSPS) is 10.6. The molecule has 0 bridgehead atoms. The van der Waals surface area contributed by atoms with Crippen LogP contribution in [-0.2, 0) is 6.42 Å². The molecule has 0 saturated heterocycles. The quantitative estimate of drug-likeness (QED) is 0.762. The van der Waals surface area contributed by atoms with Crippen molar-refractivity contribution in [2.24, 2.45) is 0 Å². The first kappa shape index (κ1) is 13.8. The molecule has 1 heterocycles. The summed E-state index contributed by atoms with van der Waals surface area (Å²) in [6.45, 7) is 4.41. The van der Waals surface area contributed by atoms with E-state index in [-0.39, 0.29) is 0 Å². The average Bonchev–Trinajstić information content (AvgIpc) is 2.49. The van der Waals surface area contributed by atoms with Gasteiger partial charge in [-0.25, -0.2) is 0 Å². The van der Waals surface area contributed by atoms with Crippen molar-refractivity contribution < 1.29 is 0 Å². The first-order valence-electron chi connectivity index (χ1n) is 7.10. The van der Waals surface area contributed by atoms with Gasteiger partial charge in [0.05, 0.1) is 0 Å². The molecule has 2 heteroatoms. The van der Waals surface area contributed by atoms with E-state index in [1.165, 1.54) is 29.5 Å². The summed E-state index contributed by atoms with van der Waals surface area (Å²) in [4.78, 5) is 4.15. The van der Waals surface area contributed by atoms with E-state index < -0.39 is 0 Å². The summed E-state index contributed by atoms with van der Waals surface area (Å²) in [6.07, 6.45) is 7.32. The minimum atomic E-state index is 1.06. The molecule has 1 aromatic carbocycles. The van der Waals surface area contributed by atoms with Gasteiger partial charge in [-0.15, -0.1) is 0 Å². The highest BCUT2D eigenvalue weighted by molar-refractivity contribution is 5.62. The zero-order valence-corrected chi connectivity index (χ0v) is 11.6. The van der Waals surface area contributed by atoms with Crippen molar-refractivity contribution in [3.05, 3.63) is 54.4 Å². The SMILES string of the molecule is CCCCNCCc1ccc(-c2cccnc2)cc1. The third-order valence-corrected chi connectivity index (χ3v) is 3.25. The number of aromatic nitrogens is 1. The van der Waals surface area contributed by atoms with Crippen LogP contribution in [0.1, 0.15) is 25.3 Å². The zero-order valence-electron chi connectivity index (χ0n) is 11.6. The standard InChI is InChI=1S/C17H22N2/c1-2-3-11-18-13-10-15-6-8-16(9-7-15)17-5-4-12-19-14-17/h4-9,12,14,18H,2-3,10-11,13H2,1H3. The molecule has 0 fully saturated rings. The van der Waals surface area contributed by atoms with Gasteiger partial charge in [-0.1, -0.05) is 43.7 Å². The Morgan fingerprint density at radius 1 is 1.00 bits per heavy atom. The highest BCUT2D eigenvalue weighted by Gasteiger charge is 1.98. The lowest BCUT2D eigenvalue weighted by molar-refractivity contribution is 0.640. The summed E-state index contributed by atoms with van der Waals surface area (Å²) in [5.74, 6) is 0. The monoisotopic (exact) mass is 254 g/mol. The summed E-state index contributed by atoms with van der Waals surface area (Å²) in [7, 11) is 0. The summed E-state index contributed by atoms with van der Waals surface area (Å²) < 4.78 is 0. The maximum atomic E-state index is 4.15. The van der Waals surface area contributed by atoms with E-state index in [0.29, 0.717) is 0 Å². The van der Waals surface area contributed by atoms with Gasteiger partial charge in [-0.2, -0.15) is 0 Å². The molecule has 0 unspecified atom stereocenters. The fraction of sp³-hybridized carbons (Fsp3) is 0.353. The molecule has 2 aromatic rings. The van der Waals surface area contributed by atoms with Crippen molar-refractivity contribution in [1.82, 2.24) is 10.3 Å². The van der Waals surface area contributed by atoms with Crippen molar-refractivity contribution in [3.63, 3.8) is 0 Å². The number of hydrogen-bond acceptors (Lipinski definition) is 2. The minimum Gasteiger partial charge on any atom is -0.316 e. The molecule has 0 aliphatic carbocycles. The molecular formula is C17H22N2. The van der Waals surface area contributed by atoms with Gasteiger partial charge in [0.15, 0.2) is 0 Å². The van der Waals surface area contributed by atoms with Crippen LogP contribution < -0.4 is 5.32 Å². The van der Waals surface area contributed by atoms with Crippen LogP contribution in [0.25, 0.3) is 11.1 Å². The van der Waals surface area contributed by atoms with Crippen molar-refractivity contribution in [2.75, 3.05) is 13.1 Å². The van der Waals surface area contributed by atoms with E-state index in [1.54, 1.807) is 6.20 Å².